The van der Waals surface area contributed by atoms with Crippen molar-refractivity contribution >= 4 is 29.2 Å². The molecule has 2 aromatic heterocycles. The van der Waals surface area contributed by atoms with Crippen molar-refractivity contribution in [2.75, 3.05) is 11.9 Å². The van der Waals surface area contributed by atoms with Crippen LogP contribution in [-0.2, 0) is 4.79 Å². The standard InChI is InChI=1S/C26H26ClN5O2/c1-17-13-21(10-9-20-7-5-4-6-8-20)15-28-25(17)30-26(34)24-23(27)16-29-32(24)22-11-12-31(19(3)33)18(2)14-22/h4-8,13,15-16,18,22H,11-12,14H2,1-3H3,(H,28,30,34)/t18-,22-/m1/s1. The third kappa shape index (κ3) is 5.13. The van der Waals surface area contributed by atoms with Crippen LogP contribution in [0.3, 0.4) is 0 Å². The third-order valence-electron chi connectivity index (χ3n) is 6.00. The zero-order chi connectivity index (χ0) is 24.2. The molecule has 1 aromatic carbocycles. The number of carbonyl (C=O) groups excluding carboxylic acids is 2. The minimum absolute atomic E-state index is 0.0245. The summed E-state index contributed by atoms with van der Waals surface area (Å²) in [5.41, 5.74) is 2.76. The van der Waals surface area contributed by atoms with Crippen molar-refractivity contribution in [1.82, 2.24) is 19.7 Å². The number of hydrogen-bond donors (Lipinski definition) is 1. The molecule has 3 heterocycles. The number of amides is 2. The monoisotopic (exact) mass is 475 g/mol. The highest BCUT2D eigenvalue weighted by atomic mass is 35.5. The number of halogens is 1. The molecule has 2 atom stereocenters. The lowest BCUT2D eigenvalue weighted by molar-refractivity contribution is -0.132. The molecule has 1 N–H and O–H groups in total. The smallest absolute Gasteiger partial charge is 0.276 e. The van der Waals surface area contributed by atoms with E-state index in [1.807, 2.05) is 55.1 Å². The molecule has 1 aliphatic heterocycles. The summed E-state index contributed by atoms with van der Waals surface area (Å²) < 4.78 is 1.68. The second-order valence-electron chi connectivity index (χ2n) is 8.48. The number of pyridine rings is 1. The number of nitrogens with one attached hydrogen (secondary N) is 1. The minimum Gasteiger partial charge on any atom is -0.340 e. The van der Waals surface area contributed by atoms with Gasteiger partial charge in [0.2, 0.25) is 5.91 Å². The predicted molar refractivity (Wildman–Crippen MR) is 132 cm³/mol. The van der Waals surface area contributed by atoms with E-state index in [2.05, 4.69) is 27.2 Å². The molecule has 174 valence electrons. The molecule has 0 bridgehead atoms. The Bertz CT molecular complexity index is 1280. The van der Waals surface area contributed by atoms with Crippen LogP contribution in [0.15, 0.2) is 48.8 Å². The fourth-order valence-electron chi connectivity index (χ4n) is 4.27. The van der Waals surface area contributed by atoms with Crippen molar-refractivity contribution in [3.8, 4) is 11.8 Å². The van der Waals surface area contributed by atoms with Gasteiger partial charge in [-0.3, -0.25) is 14.3 Å². The largest absolute Gasteiger partial charge is 0.340 e. The number of aryl methyl sites for hydroxylation is 1. The number of carbonyl (C=O) groups is 2. The lowest BCUT2D eigenvalue weighted by atomic mass is 9.98. The molecule has 34 heavy (non-hydrogen) atoms. The molecular formula is C26H26ClN5O2. The Morgan fingerprint density at radius 3 is 2.56 bits per heavy atom. The fourth-order valence-corrected chi connectivity index (χ4v) is 4.49. The maximum atomic E-state index is 13.2. The first-order valence-corrected chi connectivity index (χ1v) is 11.6. The van der Waals surface area contributed by atoms with Gasteiger partial charge in [-0.05, 0) is 50.5 Å². The number of aromatic nitrogens is 3. The summed E-state index contributed by atoms with van der Waals surface area (Å²) in [6.07, 6.45) is 4.52. The average molecular weight is 476 g/mol. The summed E-state index contributed by atoms with van der Waals surface area (Å²) >= 11 is 6.36. The highest BCUT2D eigenvalue weighted by Gasteiger charge is 2.31. The first-order chi connectivity index (χ1) is 16.3. The second kappa shape index (κ2) is 10.1. The maximum Gasteiger partial charge on any atom is 0.276 e. The molecule has 1 saturated heterocycles. The number of hydrogen-bond acceptors (Lipinski definition) is 4. The Labute approximate surface area is 204 Å². The fraction of sp³-hybridized carbons (Fsp3) is 0.308. The molecule has 0 spiro atoms. The van der Waals surface area contributed by atoms with E-state index in [4.69, 9.17) is 11.6 Å². The maximum absolute atomic E-state index is 13.2. The van der Waals surface area contributed by atoms with Crippen molar-refractivity contribution in [2.24, 2.45) is 0 Å². The normalized spacial score (nSPS) is 17.6. The van der Waals surface area contributed by atoms with Crippen LogP contribution in [0.5, 0.6) is 0 Å². The quantitative estimate of drug-likeness (QED) is 0.567. The van der Waals surface area contributed by atoms with E-state index in [0.29, 0.717) is 30.9 Å². The van der Waals surface area contributed by atoms with E-state index in [0.717, 1.165) is 16.7 Å². The van der Waals surface area contributed by atoms with E-state index >= 15 is 0 Å². The van der Waals surface area contributed by atoms with Crippen molar-refractivity contribution in [1.29, 1.82) is 0 Å². The molecule has 4 rings (SSSR count). The third-order valence-corrected chi connectivity index (χ3v) is 6.28. The zero-order valence-corrected chi connectivity index (χ0v) is 20.1. The topological polar surface area (TPSA) is 80.1 Å². The van der Waals surface area contributed by atoms with Gasteiger partial charge >= 0.3 is 0 Å². The van der Waals surface area contributed by atoms with Gasteiger partial charge in [-0.2, -0.15) is 5.10 Å². The van der Waals surface area contributed by atoms with E-state index in [1.165, 1.54) is 6.20 Å². The number of rotatable bonds is 3. The SMILES string of the molecule is CC(=O)N1CC[C@@H](n2ncc(Cl)c2C(=O)Nc2ncc(C#Cc3ccccc3)cc2C)C[C@H]1C. The molecule has 1 aliphatic rings. The number of likely N-dealkylation sites (tertiary alicyclic amines) is 1. The number of nitrogens with zero attached hydrogens (tertiary/aromatic N) is 4. The minimum atomic E-state index is -0.372. The molecule has 8 heteroatoms. The second-order valence-corrected chi connectivity index (χ2v) is 8.89. The van der Waals surface area contributed by atoms with Gasteiger partial charge in [0.15, 0.2) is 0 Å². The Kier molecular flexibility index (Phi) is 6.99. The lowest BCUT2D eigenvalue weighted by Crippen LogP contribution is -2.44. The Hall–Kier alpha value is -3.63. The summed E-state index contributed by atoms with van der Waals surface area (Å²) in [5.74, 6) is 6.33. The van der Waals surface area contributed by atoms with Gasteiger partial charge in [0.05, 0.1) is 17.3 Å². The van der Waals surface area contributed by atoms with Gasteiger partial charge in [0, 0.05) is 36.8 Å². The van der Waals surface area contributed by atoms with Crippen LogP contribution in [0.25, 0.3) is 0 Å². The molecule has 1 fully saturated rings. The summed E-state index contributed by atoms with van der Waals surface area (Å²) in [6.45, 7) is 6.07. The van der Waals surface area contributed by atoms with E-state index in [9.17, 15) is 9.59 Å². The van der Waals surface area contributed by atoms with Gasteiger partial charge in [-0.1, -0.05) is 41.6 Å². The highest BCUT2D eigenvalue weighted by molar-refractivity contribution is 6.34. The number of benzene rings is 1. The van der Waals surface area contributed by atoms with Crippen LogP contribution in [-0.4, -0.2) is 44.1 Å². The van der Waals surface area contributed by atoms with Gasteiger partial charge in [-0.15, -0.1) is 0 Å². The van der Waals surface area contributed by atoms with Crippen LogP contribution >= 0.6 is 11.6 Å². The highest BCUT2D eigenvalue weighted by Crippen LogP contribution is 2.30. The summed E-state index contributed by atoms with van der Waals surface area (Å²) in [5, 5.41) is 7.52. The Balaban J connectivity index is 1.50. The average Bonchev–Trinajstić information content (AvgIpc) is 3.21. The summed E-state index contributed by atoms with van der Waals surface area (Å²) in [4.78, 5) is 31.2. The van der Waals surface area contributed by atoms with Crippen LogP contribution in [0, 0.1) is 18.8 Å². The van der Waals surface area contributed by atoms with Gasteiger partial charge in [0.25, 0.3) is 5.91 Å². The first kappa shape index (κ1) is 23.5. The van der Waals surface area contributed by atoms with Crippen molar-refractivity contribution in [3.05, 3.63) is 76.2 Å². The summed E-state index contributed by atoms with van der Waals surface area (Å²) in [7, 11) is 0. The van der Waals surface area contributed by atoms with Crippen molar-refractivity contribution in [3.63, 3.8) is 0 Å². The molecular weight excluding hydrogens is 450 g/mol. The molecule has 3 aromatic rings. The molecule has 0 aliphatic carbocycles. The lowest BCUT2D eigenvalue weighted by Gasteiger charge is -2.37. The number of anilines is 1. The van der Waals surface area contributed by atoms with Gasteiger partial charge in [0.1, 0.15) is 11.5 Å². The van der Waals surface area contributed by atoms with E-state index in [1.54, 1.807) is 17.8 Å². The summed E-state index contributed by atoms with van der Waals surface area (Å²) in [6, 6.07) is 11.6. The zero-order valence-electron chi connectivity index (χ0n) is 19.4. The molecule has 2 amide bonds. The van der Waals surface area contributed by atoms with E-state index < -0.39 is 0 Å². The van der Waals surface area contributed by atoms with Gasteiger partial charge in [-0.25, -0.2) is 4.98 Å². The van der Waals surface area contributed by atoms with Crippen molar-refractivity contribution in [2.45, 2.75) is 45.7 Å². The Morgan fingerprint density at radius 1 is 1.15 bits per heavy atom. The molecule has 0 unspecified atom stereocenters. The van der Waals surface area contributed by atoms with Crippen LogP contribution in [0.4, 0.5) is 5.82 Å². The first-order valence-electron chi connectivity index (χ1n) is 11.2. The van der Waals surface area contributed by atoms with Crippen LogP contribution in [0.2, 0.25) is 5.02 Å². The van der Waals surface area contributed by atoms with Gasteiger partial charge < -0.3 is 10.2 Å². The van der Waals surface area contributed by atoms with Crippen LogP contribution < -0.4 is 5.32 Å². The molecule has 7 nitrogen and oxygen atoms in total. The van der Waals surface area contributed by atoms with E-state index in [-0.39, 0.29) is 28.9 Å². The van der Waals surface area contributed by atoms with Crippen LogP contribution in [0.1, 0.15) is 59.9 Å². The molecule has 0 saturated carbocycles. The Morgan fingerprint density at radius 2 is 1.88 bits per heavy atom. The number of piperidine rings is 1. The van der Waals surface area contributed by atoms with Crippen molar-refractivity contribution < 1.29 is 9.59 Å². The molecule has 0 radical (unpaired) electrons. The predicted octanol–water partition coefficient (Wildman–Crippen LogP) is 4.46.